The molecule has 4 aromatic rings. The number of anilines is 1. The van der Waals surface area contributed by atoms with E-state index >= 15 is 0 Å². The number of rotatable bonds is 8. The molecule has 4 saturated heterocycles. The smallest absolute Gasteiger partial charge is 0.138 e. The fourth-order valence-corrected chi connectivity index (χ4v) is 7.63. The fourth-order valence-electron chi connectivity index (χ4n) is 7.63. The van der Waals surface area contributed by atoms with Gasteiger partial charge in [-0.15, -0.1) is 0 Å². The lowest BCUT2D eigenvalue weighted by atomic mass is 9.74. The van der Waals surface area contributed by atoms with Crippen molar-refractivity contribution in [1.29, 1.82) is 5.26 Å². The van der Waals surface area contributed by atoms with E-state index in [4.69, 9.17) is 9.72 Å². The molecule has 3 atom stereocenters. The molecule has 0 aromatic carbocycles. The number of nitrogens with zero attached hydrogens (tertiary/aromatic N) is 7. The molecule has 1 saturated carbocycles. The Balaban J connectivity index is 0.968. The van der Waals surface area contributed by atoms with Gasteiger partial charge in [-0.3, -0.25) is 9.88 Å². The average Bonchev–Trinajstić information content (AvgIpc) is 3.65. The number of pyridine rings is 3. The second-order valence-electron chi connectivity index (χ2n) is 12.7. The quantitative estimate of drug-likeness (QED) is 0.338. The summed E-state index contributed by atoms with van der Waals surface area (Å²) in [7, 11) is 0. The molecule has 9 rings (SSSR count). The molecule has 0 amide bonds. The van der Waals surface area contributed by atoms with Crippen molar-refractivity contribution in [3.63, 3.8) is 0 Å². The lowest BCUT2D eigenvalue weighted by molar-refractivity contribution is -0.00875. The summed E-state index contributed by atoms with van der Waals surface area (Å²) in [6, 6.07) is 13.8. The van der Waals surface area contributed by atoms with Crippen molar-refractivity contribution in [2.45, 2.75) is 62.7 Å². The summed E-state index contributed by atoms with van der Waals surface area (Å²) < 4.78 is 8.05. The van der Waals surface area contributed by atoms with Crippen LogP contribution in [0.2, 0.25) is 0 Å². The van der Waals surface area contributed by atoms with Crippen LogP contribution in [0.5, 0.6) is 5.75 Å². The van der Waals surface area contributed by atoms with E-state index < -0.39 is 0 Å². The van der Waals surface area contributed by atoms with Crippen molar-refractivity contribution in [2.24, 2.45) is 5.92 Å². The third kappa shape index (κ3) is 4.59. The number of piperidine rings is 1. The van der Waals surface area contributed by atoms with Gasteiger partial charge >= 0.3 is 0 Å². The Morgan fingerprint density at radius 1 is 1.12 bits per heavy atom. The zero-order valence-electron chi connectivity index (χ0n) is 23.8. The van der Waals surface area contributed by atoms with Gasteiger partial charge < -0.3 is 15.0 Å². The zero-order chi connectivity index (χ0) is 28.1. The lowest BCUT2D eigenvalue weighted by Crippen LogP contribution is -2.68. The molecule has 214 valence electrons. The van der Waals surface area contributed by atoms with Crippen LogP contribution < -0.4 is 15.0 Å². The number of hydrogen-bond acceptors (Lipinski definition) is 8. The van der Waals surface area contributed by atoms with Gasteiger partial charge in [0.2, 0.25) is 0 Å². The Hall–Kier alpha value is -4.00. The first kappa shape index (κ1) is 25.7. The molecule has 1 N–H and O–H groups in total. The van der Waals surface area contributed by atoms with E-state index in [1.165, 1.54) is 37.7 Å². The van der Waals surface area contributed by atoms with Crippen LogP contribution in [0, 0.1) is 17.2 Å². The van der Waals surface area contributed by atoms with Gasteiger partial charge in [0.25, 0.3) is 0 Å². The molecule has 42 heavy (non-hydrogen) atoms. The van der Waals surface area contributed by atoms with Crippen LogP contribution in [-0.4, -0.2) is 68.3 Å². The highest BCUT2D eigenvalue weighted by molar-refractivity contribution is 5.85. The second-order valence-corrected chi connectivity index (χ2v) is 12.7. The monoisotopic (exact) mass is 560 g/mol. The highest BCUT2D eigenvalue weighted by Gasteiger charge is 2.45. The van der Waals surface area contributed by atoms with Crippen LogP contribution in [0.25, 0.3) is 16.6 Å². The highest BCUT2D eigenvalue weighted by Crippen LogP contribution is 2.42. The molecule has 5 fully saturated rings. The van der Waals surface area contributed by atoms with Gasteiger partial charge in [-0.25, -0.2) is 9.50 Å². The maximum absolute atomic E-state index is 9.78. The van der Waals surface area contributed by atoms with Gasteiger partial charge in [-0.2, -0.15) is 10.4 Å². The van der Waals surface area contributed by atoms with Crippen molar-refractivity contribution in [1.82, 2.24) is 29.8 Å². The summed E-state index contributed by atoms with van der Waals surface area (Å²) in [5, 5.41) is 18.0. The van der Waals surface area contributed by atoms with Crippen molar-refractivity contribution >= 4 is 11.3 Å². The Morgan fingerprint density at radius 3 is 2.74 bits per heavy atom. The van der Waals surface area contributed by atoms with E-state index in [2.05, 4.69) is 49.5 Å². The molecule has 1 aliphatic carbocycles. The molecule has 2 bridgehead atoms. The van der Waals surface area contributed by atoms with Gasteiger partial charge in [0, 0.05) is 67.0 Å². The maximum Gasteiger partial charge on any atom is 0.138 e. The number of ether oxygens (including phenoxy) is 1. The first-order valence-corrected chi connectivity index (χ1v) is 15.3. The van der Waals surface area contributed by atoms with E-state index in [9.17, 15) is 5.26 Å². The number of aromatic nitrogens is 4. The van der Waals surface area contributed by atoms with Crippen LogP contribution >= 0.6 is 0 Å². The predicted molar refractivity (Wildman–Crippen MR) is 160 cm³/mol. The van der Waals surface area contributed by atoms with Crippen molar-refractivity contribution < 1.29 is 4.74 Å². The molecule has 4 aliphatic heterocycles. The standard InChI is InChI=1S/C33H36N8O/c34-14-26-18-38-41-22-29(42-10-6-23-13-33(37-16-23)7-2-8-33)12-30(32(26)41)25-4-5-31(36-17-25)39-20-27-11-28(21-39)40(27)19-24-3-1-9-35-15-24/h1,3-5,9,12,15,17-18,22-23,27-28,37H,2,6-8,10-11,13,16,19-21H2. The highest BCUT2D eigenvalue weighted by atomic mass is 16.5. The average molecular weight is 561 g/mol. The SMILES string of the molecule is N#Cc1cnn2cc(OCCC3CNC4(CCC4)C3)cc(-c3ccc(N4CC5CC(C4)N5Cc4cccnc4)nc3)c12. The van der Waals surface area contributed by atoms with Crippen LogP contribution in [0.3, 0.4) is 0 Å². The molecular weight excluding hydrogens is 524 g/mol. The summed E-state index contributed by atoms with van der Waals surface area (Å²) in [4.78, 5) is 14.2. The maximum atomic E-state index is 9.78. The van der Waals surface area contributed by atoms with E-state index in [0.29, 0.717) is 35.7 Å². The van der Waals surface area contributed by atoms with Crippen molar-refractivity contribution in [2.75, 3.05) is 31.1 Å². The van der Waals surface area contributed by atoms with Gasteiger partial charge in [-0.05, 0) is 80.8 Å². The van der Waals surface area contributed by atoms with Gasteiger partial charge in [0.1, 0.15) is 17.6 Å². The molecule has 3 unspecified atom stereocenters. The minimum Gasteiger partial charge on any atom is -0.492 e. The van der Waals surface area contributed by atoms with Crippen molar-refractivity contribution in [3.05, 3.63) is 72.4 Å². The Morgan fingerprint density at radius 2 is 2.02 bits per heavy atom. The third-order valence-electron chi connectivity index (χ3n) is 10.1. The summed E-state index contributed by atoms with van der Waals surface area (Å²) in [6.07, 6.45) is 16.8. The number of fused-ring (bicyclic) bond motifs is 3. The summed E-state index contributed by atoms with van der Waals surface area (Å²) in [6.45, 7) is 4.69. The molecule has 0 radical (unpaired) electrons. The topological polar surface area (TPSA) is 94.6 Å². The minimum atomic E-state index is 0.423. The van der Waals surface area contributed by atoms with Gasteiger partial charge in [0.05, 0.1) is 30.1 Å². The van der Waals surface area contributed by atoms with E-state index in [0.717, 1.165) is 60.8 Å². The number of piperazine rings is 1. The summed E-state index contributed by atoms with van der Waals surface area (Å²) in [5.74, 6) is 2.44. The fraction of sp³-hybridized carbons (Fsp3) is 0.455. The van der Waals surface area contributed by atoms with Crippen molar-refractivity contribution in [3.8, 4) is 22.9 Å². The van der Waals surface area contributed by atoms with Crippen LogP contribution in [-0.2, 0) is 6.54 Å². The number of nitriles is 1. The normalized spacial score (nSPS) is 24.4. The van der Waals surface area contributed by atoms with Crippen LogP contribution in [0.4, 0.5) is 5.82 Å². The van der Waals surface area contributed by atoms with Gasteiger partial charge in [-0.1, -0.05) is 6.07 Å². The van der Waals surface area contributed by atoms with Crippen LogP contribution in [0.1, 0.15) is 49.7 Å². The minimum absolute atomic E-state index is 0.423. The first-order valence-electron chi connectivity index (χ1n) is 15.3. The van der Waals surface area contributed by atoms with E-state index in [1.807, 2.05) is 36.9 Å². The lowest BCUT2D eigenvalue weighted by Gasteiger charge is -2.56. The molecule has 5 aliphatic rings. The zero-order valence-corrected chi connectivity index (χ0v) is 23.8. The Bertz CT molecular complexity index is 1610. The Labute approximate surface area is 246 Å². The molecule has 9 heteroatoms. The molecule has 1 spiro atoms. The van der Waals surface area contributed by atoms with Crippen LogP contribution in [0.15, 0.2) is 61.3 Å². The summed E-state index contributed by atoms with van der Waals surface area (Å²) in [5.41, 5.74) is 4.91. The van der Waals surface area contributed by atoms with E-state index in [1.54, 1.807) is 10.7 Å². The first-order chi connectivity index (χ1) is 20.7. The second kappa shape index (κ2) is 10.4. The molecule has 9 nitrogen and oxygen atoms in total. The Kier molecular flexibility index (Phi) is 6.34. The molecular formula is C33H36N8O. The number of nitrogens with one attached hydrogen (secondary N) is 1. The molecule has 4 aromatic heterocycles. The van der Waals surface area contributed by atoms with Gasteiger partial charge in [0.15, 0.2) is 0 Å². The summed E-state index contributed by atoms with van der Waals surface area (Å²) >= 11 is 0. The third-order valence-corrected chi connectivity index (χ3v) is 10.1. The molecule has 8 heterocycles. The van der Waals surface area contributed by atoms with E-state index in [-0.39, 0.29) is 0 Å². The largest absolute Gasteiger partial charge is 0.492 e. The number of hydrogen-bond donors (Lipinski definition) is 1. The predicted octanol–water partition coefficient (Wildman–Crippen LogP) is 4.43.